The third-order valence-electron chi connectivity index (χ3n) is 4.70. The summed E-state index contributed by atoms with van der Waals surface area (Å²) in [6, 6.07) is 3.56. The summed E-state index contributed by atoms with van der Waals surface area (Å²) in [5.74, 6) is 0.548. The maximum Gasteiger partial charge on any atom is 0.279 e. The summed E-state index contributed by atoms with van der Waals surface area (Å²) < 4.78 is 28.6. The van der Waals surface area contributed by atoms with Gasteiger partial charge in [0.15, 0.2) is 5.82 Å². The Hall–Kier alpha value is -3.52. The summed E-state index contributed by atoms with van der Waals surface area (Å²) >= 11 is 6.03. The molecule has 0 saturated heterocycles. The Balaban J connectivity index is 1.86. The molecule has 0 bridgehead atoms. The monoisotopic (exact) mass is 432 g/mol. The number of nitrogens with one attached hydrogen (secondary N) is 1. The average Bonchev–Trinajstić information content (AvgIpc) is 3.31. The molecule has 0 saturated carbocycles. The first-order valence-corrected chi connectivity index (χ1v) is 9.34. The number of hydrogen-bond acceptors (Lipinski definition) is 6. The van der Waals surface area contributed by atoms with Gasteiger partial charge in [-0.3, -0.25) is 9.36 Å². The average molecular weight is 433 g/mol. The Morgan fingerprint density at radius 1 is 1.40 bits per heavy atom. The lowest BCUT2D eigenvalue weighted by molar-refractivity contribution is 0.123. The SMILES string of the molecule is CCN(Cc1nn2ccc(Cl)c2c(=O)n1CC(F)F)c1ncnc2[nH]cc(C#N)c12. The molecule has 0 spiro atoms. The summed E-state index contributed by atoms with van der Waals surface area (Å²) in [7, 11) is 0. The van der Waals surface area contributed by atoms with Crippen LogP contribution in [-0.4, -0.2) is 42.1 Å². The standard InChI is InChI=1S/C18H15ClF2N8O/c1-2-27(17-14-10(5-22)6-23-16(14)24-9-25-17)8-13-26-29-4-3-11(19)15(29)18(30)28(13)7-12(20)21/h3-4,6,9,12H,2,7-8H2,1H3,(H,23,24,25). The van der Waals surface area contributed by atoms with Gasteiger partial charge in [0.05, 0.1) is 29.1 Å². The van der Waals surface area contributed by atoms with E-state index in [0.29, 0.717) is 29.0 Å². The van der Waals surface area contributed by atoms with E-state index in [-0.39, 0.29) is 22.9 Å². The molecule has 0 aliphatic carbocycles. The minimum Gasteiger partial charge on any atom is -0.349 e. The van der Waals surface area contributed by atoms with Crippen LogP contribution >= 0.6 is 11.6 Å². The fourth-order valence-electron chi connectivity index (χ4n) is 3.33. The van der Waals surface area contributed by atoms with E-state index in [1.54, 1.807) is 4.90 Å². The highest BCUT2D eigenvalue weighted by Crippen LogP contribution is 2.27. The molecule has 0 radical (unpaired) electrons. The van der Waals surface area contributed by atoms with Crippen molar-refractivity contribution in [3.05, 3.63) is 51.6 Å². The topological polar surface area (TPSA) is 108 Å². The van der Waals surface area contributed by atoms with Gasteiger partial charge in [0, 0.05) is 18.9 Å². The van der Waals surface area contributed by atoms with Crippen LogP contribution in [0.15, 0.2) is 29.6 Å². The molecule has 0 fully saturated rings. The lowest BCUT2D eigenvalue weighted by Crippen LogP contribution is -2.34. The van der Waals surface area contributed by atoms with E-state index < -0.39 is 18.5 Å². The van der Waals surface area contributed by atoms with Crippen LogP contribution in [0.25, 0.3) is 16.6 Å². The first-order chi connectivity index (χ1) is 14.4. The van der Waals surface area contributed by atoms with Crippen LogP contribution in [0.3, 0.4) is 0 Å². The van der Waals surface area contributed by atoms with Gasteiger partial charge in [-0.05, 0) is 13.0 Å². The van der Waals surface area contributed by atoms with Gasteiger partial charge >= 0.3 is 0 Å². The molecule has 0 unspecified atom stereocenters. The zero-order valence-corrected chi connectivity index (χ0v) is 16.4. The van der Waals surface area contributed by atoms with E-state index in [9.17, 15) is 18.8 Å². The molecule has 9 nitrogen and oxygen atoms in total. The largest absolute Gasteiger partial charge is 0.349 e. The van der Waals surface area contributed by atoms with Gasteiger partial charge in [-0.25, -0.2) is 23.3 Å². The number of anilines is 1. The Morgan fingerprint density at radius 3 is 2.90 bits per heavy atom. The maximum atomic E-state index is 13.2. The van der Waals surface area contributed by atoms with Crippen molar-refractivity contribution in [2.75, 3.05) is 11.4 Å². The number of nitrogens with zero attached hydrogens (tertiary/aromatic N) is 7. The fourth-order valence-corrected chi connectivity index (χ4v) is 3.55. The highest BCUT2D eigenvalue weighted by molar-refractivity contribution is 6.33. The van der Waals surface area contributed by atoms with Crippen LogP contribution < -0.4 is 10.5 Å². The lowest BCUT2D eigenvalue weighted by atomic mass is 10.2. The van der Waals surface area contributed by atoms with Gasteiger partial charge in [-0.15, -0.1) is 0 Å². The number of aromatic nitrogens is 6. The second kappa shape index (κ2) is 7.72. The van der Waals surface area contributed by atoms with Gasteiger partial charge in [-0.1, -0.05) is 11.6 Å². The van der Waals surface area contributed by atoms with Crippen molar-refractivity contribution in [2.24, 2.45) is 0 Å². The van der Waals surface area contributed by atoms with Crippen molar-refractivity contribution in [3.63, 3.8) is 0 Å². The molecule has 1 N–H and O–H groups in total. The molecular formula is C18H15ClF2N8O. The van der Waals surface area contributed by atoms with Crippen LogP contribution in [0.1, 0.15) is 18.3 Å². The van der Waals surface area contributed by atoms with Crippen molar-refractivity contribution in [2.45, 2.75) is 26.4 Å². The molecule has 0 aliphatic rings. The van der Waals surface area contributed by atoms with Crippen LogP contribution in [0.2, 0.25) is 5.02 Å². The Kier molecular flexibility index (Phi) is 5.09. The Morgan fingerprint density at radius 2 is 2.20 bits per heavy atom. The van der Waals surface area contributed by atoms with E-state index >= 15 is 0 Å². The van der Waals surface area contributed by atoms with Crippen LogP contribution in [0, 0.1) is 11.3 Å². The molecule has 30 heavy (non-hydrogen) atoms. The van der Waals surface area contributed by atoms with E-state index in [1.807, 2.05) is 6.92 Å². The third-order valence-corrected chi connectivity index (χ3v) is 5.01. The van der Waals surface area contributed by atoms with Crippen LogP contribution in [-0.2, 0) is 13.1 Å². The highest BCUT2D eigenvalue weighted by Gasteiger charge is 2.21. The highest BCUT2D eigenvalue weighted by atomic mass is 35.5. The van der Waals surface area contributed by atoms with Crippen LogP contribution in [0.5, 0.6) is 0 Å². The number of halogens is 3. The van der Waals surface area contributed by atoms with Crippen molar-refractivity contribution in [1.82, 2.24) is 29.1 Å². The molecule has 4 heterocycles. The first-order valence-electron chi connectivity index (χ1n) is 8.96. The minimum atomic E-state index is -2.75. The molecule has 12 heteroatoms. The molecule has 0 atom stereocenters. The van der Waals surface area contributed by atoms with Crippen molar-refractivity contribution < 1.29 is 8.78 Å². The van der Waals surface area contributed by atoms with Crippen LogP contribution in [0.4, 0.5) is 14.6 Å². The number of rotatable bonds is 6. The first kappa shape index (κ1) is 19.8. The fraction of sp³-hybridized carbons (Fsp3) is 0.278. The summed E-state index contributed by atoms with van der Waals surface area (Å²) in [5.41, 5.74) is 0.203. The van der Waals surface area contributed by atoms with Gasteiger partial charge in [0.1, 0.15) is 29.4 Å². The van der Waals surface area contributed by atoms with Crippen molar-refractivity contribution >= 4 is 34.0 Å². The molecule has 154 valence electrons. The number of fused-ring (bicyclic) bond motifs is 2. The number of hydrogen-bond donors (Lipinski definition) is 1. The predicted octanol–water partition coefficient (Wildman–Crippen LogP) is 2.58. The Bertz CT molecular complexity index is 1340. The normalized spacial score (nSPS) is 11.5. The summed E-state index contributed by atoms with van der Waals surface area (Å²) in [6.45, 7) is 1.44. The minimum absolute atomic E-state index is 0.00631. The van der Waals surface area contributed by atoms with Crippen molar-refractivity contribution in [1.29, 1.82) is 5.26 Å². The molecular weight excluding hydrogens is 418 g/mol. The predicted molar refractivity (Wildman–Crippen MR) is 106 cm³/mol. The summed E-state index contributed by atoms with van der Waals surface area (Å²) in [6.07, 6.45) is 1.60. The van der Waals surface area contributed by atoms with E-state index in [4.69, 9.17) is 11.6 Å². The van der Waals surface area contributed by atoms with Gasteiger partial charge in [0.2, 0.25) is 0 Å². The smallest absolute Gasteiger partial charge is 0.279 e. The van der Waals surface area contributed by atoms with Gasteiger partial charge in [0.25, 0.3) is 12.0 Å². The molecule has 0 aromatic carbocycles. The third kappa shape index (κ3) is 3.25. The maximum absolute atomic E-state index is 13.2. The summed E-state index contributed by atoms with van der Waals surface area (Å²) in [4.78, 5) is 25.9. The number of aromatic amines is 1. The number of H-pyrrole nitrogens is 1. The Labute approximate surface area is 173 Å². The molecule has 0 aliphatic heterocycles. The second-order valence-corrected chi connectivity index (χ2v) is 6.84. The van der Waals surface area contributed by atoms with E-state index in [2.05, 4.69) is 26.1 Å². The van der Waals surface area contributed by atoms with Gasteiger partial charge in [-0.2, -0.15) is 10.4 Å². The zero-order valence-electron chi connectivity index (χ0n) is 15.7. The zero-order chi connectivity index (χ0) is 21.4. The second-order valence-electron chi connectivity index (χ2n) is 6.43. The van der Waals surface area contributed by atoms with E-state index in [1.165, 1.54) is 29.3 Å². The molecule has 4 aromatic rings. The molecule has 0 amide bonds. The quantitative estimate of drug-likeness (QED) is 0.501. The van der Waals surface area contributed by atoms with E-state index in [0.717, 1.165) is 4.57 Å². The number of nitriles is 1. The molecule has 4 rings (SSSR count). The molecule has 4 aromatic heterocycles. The summed E-state index contributed by atoms with van der Waals surface area (Å²) in [5, 5.41) is 14.4. The lowest BCUT2D eigenvalue weighted by Gasteiger charge is -2.24. The number of alkyl halides is 2. The van der Waals surface area contributed by atoms with Crippen molar-refractivity contribution in [3.8, 4) is 6.07 Å². The van der Waals surface area contributed by atoms with Gasteiger partial charge < -0.3 is 9.88 Å².